The molecule has 1 atom stereocenters. The average molecular weight is 402 g/mol. The van der Waals surface area contributed by atoms with Crippen molar-refractivity contribution in [3.05, 3.63) is 71.8 Å². The van der Waals surface area contributed by atoms with Crippen LogP contribution in [-0.4, -0.2) is 47.6 Å². The summed E-state index contributed by atoms with van der Waals surface area (Å²) in [5.74, 6) is -3.01. The van der Waals surface area contributed by atoms with Gasteiger partial charge in [-0.25, -0.2) is 13.6 Å². The Morgan fingerprint density at radius 2 is 1.62 bits per heavy atom. The Morgan fingerprint density at radius 1 is 1.07 bits per heavy atom. The maximum absolute atomic E-state index is 15.0. The third-order valence-electron chi connectivity index (χ3n) is 5.16. The van der Waals surface area contributed by atoms with Crippen LogP contribution in [0, 0.1) is 0 Å². The van der Waals surface area contributed by atoms with Crippen LogP contribution in [0.25, 0.3) is 0 Å². The molecule has 1 heterocycles. The van der Waals surface area contributed by atoms with Crippen molar-refractivity contribution < 1.29 is 18.3 Å². The second-order valence-electron chi connectivity index (χ2n) is 7.50. The fourth-order valence-electron chi connectivity index (χ4n) is 3.60. The van der Waals surface area contributed by atoms with Crippen molar-refractivity contribution in [2.45, 2.75) is 44.8 Å². The first-order valence-corrected chi connectivity index (χ1v) is 10.1. The highest BCUT2D eigenvalue weighted by Crippen LogP contribution is 2.33. The molecule has 4 nitrogen and oxygen atoms in total. The summed E-state index contributed by atoms with van der Waals surface area (Å²) in [6.07, 6.45) is 0.960. The van der Waals surface area contributed by atoms with E-state index < -0.39 is 24.6 Å². The SMILES string of the molecule is CCCCOC(=O)N1CC(N(Cc2ccccc2)Cc2ccccc2)C(F)(F)C1. The molecule has 0 spiro atoms. The number of hydrogen-bond acceptors (Lipinski definition) is 3. The number of amides is 1. The van der Waals surface area contributed by atoms with E-state index in [1.165, 1.54) is 0 Å². The van der Waals surface area contributed by atoms with Gasteiger partial charge in [-0.05, 0) is 17.5 Å². The maximum atomic E-state index is 15.0. The van der Waals surface area contributed by atoms with Crippen LogP contribution in [0.5, 0.6) is 0 Å². The van der Waals surface area contributed by atoms with Gasteiger partial charge < -0.3 is 9.64 Å². The van der Waals surface area contributed by atoms with Gasteiger partial charge in [0.25, 0.3) is 5.92 Å². The zero-order valence-electron chi connectivity index (χ0n) is 16.8. The molecule has 1 saturated heterocycles. The Morgan fingerprint density at radius 3 is 2.14 bits per heavy atom. The minimum Gasteiger partial charge on any atom is -0.449 e. The van der Waals surface area contributed by atoms with Crippen LogP contribution in [0.4, 0.5) is 13.6 Å². The van der Waals surface area contributed by atoms with Crippen molar-refractivity contribution >= 4 is 6.09 Å². The molecule has 0 saturated carbocycles. The first-order valence-electron chi connectivity index (χ1n) is 10.1. The van der Waals surface area contributed by atoms with Crippen LogP contribution in [-0.2, 0) is 17.8 Å². The Hall–Kier alpha value is -2.47. The lowest BCUT2D eigenvalue weighted by molar-refractivity contribution is -0.0556. The van der Waals surface area contributed by atoms with E-state index in [-0.39, 0.29) is 13.2 Å². The first-order chi connectivity index (χ1) is 14.0. The molecule has 156 valence electrons. The maximum Gasteiger partial charge on any atom is 0.410 e. The lowest BCUT2D eigenvalue weighted by atomic mass is 10.1. The summed E-state index contributed by atoms with van der Waals surface area (Å²) >= 11 is 0. The fourth-order valence-corrected chi connectivity index (χ4v) is 3.60. The predicted molar refractivity (Wildman–Crippen MR) is 109 cm³/mol. The minimum atomic E-state index is -3.01. The van der Waals surface area contributed by atoms with Gasteiger partial charge in [-0.15, -0.1) is 0 Å². The van der Waals surface area contributed by atoms with E-state index in [1.54, 1.807) is 4.90 Å². The van der Waals surface area contributed by atoms with Gasteiger partial charge in [0.15, 0.2) is 0 Å². The molecule has 0 bridgehead atoms. The molecule has 3 rings (SSSR count). The lowest BCUT2D eigenvalue weighted by Gasteiger charge is -2.32. The lowest BCUT2D eigenvalue weighted by Crippen LogP contribution is -2.46. The summed E-state index contributed by atoms with van der Waals surface area (Å²) < 4.78 is 35.1. The summed E-state index contributed by atoms with van der Waals surface area (Å²) in [5.41, 5.74) is 1.92. The van der Waals surface area contributed by atoms with Crippen LogP contribution in [0.2, 0.25) is 0 Å². The average Bonchev–Trinajstić information content (AvgIpc) is 3.04. The molecule has 1 fully saturated rings. The van der Waals surface area contributed by atoms with Crippen LogP contribution in [0.3, 0.4) is 0 Å². The van der Waals surface area contributed by atoms with Gasteiger partial charge in [0, 0.05) is 19.6 Å². The fraction of sp³-hybridized carbons (Fsp3) is 0.435. The van der Waals surface area contributed by atoms with Crippen molar-refractivity contribution in [2.75, 3.05) is 19.7 Å². The summed E-state index contributed by atoms with van der Waals surface area (Å²) in [4.78, 5) is 15.2. The molecular formula is C23H28F2N2O2. The van der Waals surface area contributed by atoms with E-state index in [4.69, 9.17) is 4.74 Å². The van der Waals surface area contributed by atoms with Crippen molar-refractivity contribution in [1.82, 2.24) is 9.80 Å². The molecule has 29 heavy (non-hydrogen) atoms. The summed E-state index contributed by atoms with van der Waals surface area (Å²) in [5, 5.41) is 0. The topological polar surface area (TPSA) is 32.8 Å². The van der Waals surface area contributed by atoms with Gasteiger partial charge in [-0.3, -0.25) is 4.90 Å². The molecule has 2 aromatic carbocycles. The highest BCUT2D eigenvalue weighted by atomic mass is 19.3. The molecule has 1 amide bonds. The van der Waals surface area contributed by atoms with Crippen molar-refractivity contribution in [1.29, 1.82) is 0 Å². The standard InChI is InChI=1S/C23H28F2N2O2/c1-2-3-14-29-22(28)27-17-21(23(24,25)18-27)26(15-19-10-6-4-7-11-19)16-20-12-8-5-9-13-20/h4-13,21H,2-3,14-18H2,1H3. The van der Waals surface area contributed by atoms with Crippen LogP contribution < -0.4 is 0 Å². The van der Waals surface area contributed by atoms with E-state index in [9.17, 15) is 13.6 Å². The molecule has 1 aliphatic heterocycles. The number of likely N-dealkylation sites (tertiary alicyclic amines) is 1. The van der Waals surface area contributed by atoms with Gasteiger partial charge in [0.05, 0.1) is 19.2 Å². The second kappa shape index (κ2) is 9.83. The number of carbonyl (C=O) groups is 1. The van der Waals surface area contributed by atoms with Gasteiger partial charge >= 0.3 is 6.09 Å². The van der Waals surface area contributed by atoms with Crippen LogP contribution >= 0.6 is 0 Å². The molecule has 2 aromatic rings. The number of benzene rings is 2. The minimum absolute atomic E-state index is 0.0440. The van der Waals surface area contributed by atoms with Gasteiger partial charge in [-0.2, -0.15) is 0 Å². The van der Waals surface area contributed by atoms with Crippen molar-refractivity contribution in [2.24, 2.45) is 0 Å². The molecule has 0 radical (unpaired) electrons. The van der Waals surface area contributed by atoms with E-state index in [0.29, 0.717) is 13.1 Å². The van der Waals surface area contributed by atoms with Gasteiger partial charge in [-0.1, -0.05) is 74.0 Å². The molecule has 0 aliphatic carbocycles. The van der Waals surface area contributed by atoms with E-state index in [0.717, 1.165) is 28.9 Å². The van der Waals surface area contributed by atoms with E-state index >= 15 is 0 Å². The Balaban J connectivity index is 1.77. The normalized spacial score (nSPS) is 18.2. The Labute approximate surface area is 171 Å². The molecule has 1 unspecified atom stereocenters. The molecule has 0 aromatic heterocycles. The van der Waals surface area contributed by atoms with Gasteiger partial charge in [0.2, 0.25) is 0 Å². The molecule has 0 N–H and O–H groups in total. The molecule has 6 heteroatoms. The van der Waals surface area contributed by atoms with Crippen molar-refractivity contribution in [3.8, 4) is 0 Å². The van der Waals surface area contributed by atoms with E-state index in [1.807, 2.05) is 67.6 Å². The Bertz CT molecular complexity index is 729. The molecular weight excluding hydrogens is 374 g/mol. The second-order valence-corrected chi connectivity index (χ2v) is 7.50. The number of ether oxygens (including phenoxy) is 1. The first kappa shape index (κ1) is 21.2. The van der Waals surface area contributed by atoms with Crippen LogP contribution in [0.1, 0.15) is 30.9 Å². The van der Waals surface area contributed by atoms with Crippen molar-refractivity contribution in [3.63, 3.8) is 0 Å². The number of rotatable bonds is 8. The number of carbonyl (C=O) groups excluding carboxylic acids is 1. The largest absolute Gasteiger partial charge is 0.449 e. The number of hydrogen-bond donors (Lipinski definition) is 0. The number of nitrogens with zero attached hydrogens (tertiary/aromatic N) is 2. The smallest absolute Gasteiger partial charge is 0.410 e. The van der Waals surface area contributed by atoms with Crippen LogP contribution in [0.15, 0.2) is 60.7 Å². The number of unbranched alkanes of at least 4 members (excludes halogenated alkanes) is 1. The molecule has 1 aliphatic rings. The number of halogens is 2. The highest BCUT2D eigenvalue weighted by molar-refractivity contribution is 5.68. The summed E-state index contributed by atoms with van der Waals surface area (Å²) in [6, 6.07) is 18.1. The van der Waals surface area contributed by atoms with Gasteiger partial charge in [0.1, 0.15) is 0 Å². The third kappa shape index (κ3) is 5.76. The summed E-state index contributed by atoms with van der Waals surface area (Å²) in [7, 11) is 0. The Kier molecular flexibility index (Phi) is 7.20. The zero-order valence-corrected chi connectivity index (χ0v) is 16.8. The predicted octanol–water partition coefficient (Wildman–Crippen LogP) is 4.95. The van der Waals surface area contributed by atoms with E-state index in [2.05, 4.69) is 0 Å². The third-order valence-corrected chi connectivity index (χ3v) is 5.16. The summed E-state index contributed by atoms with van der Waals surface area (Å²) in [6.45, 7) is 2.36. The quantitative estimate of drug-likeness (QED) is 0.586. The number of alkyl halides is 2. The monoisotopic (exact) mass is 402 g/mol. The zero-order chi connectivity index (χ0) is 20.7. The highest BCUT2D eigenvalue weighted by Gasteiger charge is 2.52.